The first-order chi connectivity index (χ1) is 19.5. The zero-order valence-electron chi connectivity index (χ0n) is 22.6. The first-order valence-corrected chi connectivity index (χ1v) is 14.6. The van der Waals surface area contributed by atoms with Crippen molar-refractivity contribution in [1.29, 1.82) is 0 Å². The summed E-state index contributed by atoms with van der Waals surface area (Å²) in [5.74, 6) is 5.33. The number of likely N-dealkylation sites (tertiary alicyclic amines) is 1. The van der Waals surface area contributed by atoms with Crippen LogP contribution in [0, 0.1) is 17.7 Å². The topological polar surface area (TPSA) is 81.5 Å². The highest BCUT2D eigenvalue weighted by Gasteiger charge is 2.21. The molecule has 1 saturated heterocycles. The van der Waals surface area contributed by atoms with E-state index in [9.17, 15) is 9.18 Å². The van der Waals surface area contributed by atoms with Crippen LogP contribution in [-0.4, -0.2) is 63.6 Å². The molecule has 0 atom stereocenters. The molecule has 0 radical (unpaired) electrons. The highest BCUT2D eigenvalue weighted by atomic mass is 32.2. The number of hydrogen-bond acceptors (Lipinski definition) is 7. The third-order valence-electron chi connectivity index (χ3n) is 7.15. The molecular weight excluding hydrogens is 529 g/mol. The SMILES string of the molecule is CN1CCC(NC(=O)OCC#Cc2ccc(OCc3cnc(SC4CCCC4)n3-c3cccnc3)cc2F)CC1. The second-order valence-corrected chi connectivity index (χ2v) is 11.4. The Labute approximate surface area is 238 Å². The molecule has 1 aliphatic carbocycles. The van der Waals surface area contributed by atoms with Gasteiger partial charge in [0.1, 0.15) is 18.2 Å². The molecule has 1 aliphatic heterocycles. The molecule has 0 unspecified atom stereocenters. The average Bonchev–Trinajstić information content (AvgIpc) is 3.63. The van der Waals surface area contributed by atoms with E-state index < -0.39 is 11.9 Å². The molecule has 0 bridgehead atoms. The Balaban J connectivity index is 1.16. The Bertz CT molecular complexity index is 1340. The van der Waals surface area contributed by atoms with Crippen molar-refractivity contribution >= 4 is 17.9 Å². The van der Waals surface area contributed by atoms with Crippen LogP contribution in [0.1, 0.15) is 49.8 Å². The van der Waals surface area contributed by atoms with Crippen molar-refractivity contribution in [1.82, 2.24) is 24.8 Å². The van der Waals surface area contributed by atoms with Crippen molar-refractivity contribution in [2.24, 2.45) is 0 Å². The fourth-order valence-electron chi connectivity index (χ4n) is 4.91. The van der Waals surface area contributed by atoms with Crippen LogP contribution in [0.25, 0.3) is 5.69 Å². The molecule has 210 valence electrons. The van der Waals surface area contributed by atoms with Gasteiger partial charge in [0.15, 0.2) is 11.8 Å². The third kappa shape index (κ3) is 7.55. The molecule has 40 heavy (non-hydrogen) atoms. The maximum atomic E-state index is 14.7. The van der Waals surface area contributed by atoms with Gasteiger partial charge in [-0.25, -0.2) is 14.2 Å². The highest BCUT2D eigenvalue weighted by Crippen LogP contribution is 2.35. The summed E-state index contributed by atoms with van der Waals surface area (Å²) >= 11 is 1.80. The van der Waals surface area contributed by atoms with Crippen LogP contribution >= 0.6 is 11.8 Å². The summed E-state index contributed by atoms with van der Waals surface area (Å²) in [5.41, 5.74) is 1.98. The van der Waals surface area contributed by atoms with E-state index in [4.69, 9.17) is 9.47 Å². The molecule has 3 aromatic rings. The maximum absolute atomic E-state index is 14.7. The lowest BCUT2D eigenvalue weighted by Crippen LogP contribution is -2.43. The number of nitrogens with one attached hydrogen (secondary N) is 1. The van der Waals surface area contributed by atoms with E-state index in [0.29, 0.717) is 11.0 Å². The number of aromatic nitrogens is 3. The zero-order valence-corrected chi connectivity index (χ0v) is 23.5. The monoisotopic (exact) mass is 563 g/mol. The largest absolute Gasteiger partial charge is 0.487 e. The summed E-state index contributed by atoms with van der Waals surface area (Å²) in [4.78, 5) is 23.2. The van der Waals surface area contributed by atoms with E-state index >= 15 is 0 Å². The molecule has 1 amide bonds. The van der Waals surface area contributed by atoms with E-state index in [0.717, 1.165) is 42.5 Å². The van der Waals surface area contributed by atoms with Crippen molar-refractivity contribution in [2.75, 3.05) is 26.7 Å². The number of pyridine rings is 1. The van der Waals surface area contributed by atoms with E-state index in [1.807, 2.05) is 18.3 Å². The molecule has 3 heterocycles. The van der Waals surface area contributed by atoms with Gasteiger partial charge in [-0.05, 0) is 70.1 Å². The van der Waals surface area contributed by atoms with E-state index in [1.54, 1.807) is 36.3 Å². The number of thioether (sulfide) groups is 1. The third-order valence-corrected chi connectivity index (χ3v) is 8.45. The molecule has 1 aromatic carbocycles. The van der Waals surface area contributed by atoms with Gasteiger partial charge in [0.25, 0.3) is 0 Å². The molecular formula is C30H34FN5O3S. The minimum Gasteiger partial charge on any atom is -0.487 e. The van der Waals surface area contributed by atoms with Gasteiger partial charge in [-0.1, -0.05) is 36.4 Å². The van der Waals surface area contributed by atoms with Crippen LogP contribution in [0.15, 0.2) is 54.1 Å². The second kappa shape index (κ2) is 13.7. The van der Waals surface area contributed by atoms with Crippen molar-refractivity contribution in [3.8, 4) is 23.3 Å². The number of ether oxygens (including phenoxy) is 2. The van der Waals surface area contributed by atoms with Crippen molar-refractivity contribution < 1.29 is 18.7 Å². The summed E-state index contributed by atoms with van der Waals surface area (Å²) in [6.07, 6.45) is 11.6. The summed E-state index contributed by atoms with van der Waals surface area (Å²) in [5, 5.41) is 4.34. The summed E-state index contributed by atoms with van der Waals surface area (Å²) in [6.45, 7) is 1.99. The molecule has 8 nitrogen and oxygen atoms in total. The summed E-state index contributed by atoms with van der Waals surface area (Å²) in [6, 6.07) is 8.56. The van der Waals surface area contributed by atoms with E-state index in [1.165, 1.54) is 31.7 Å². The Morgan fingerprint density at radius 2 is 2.00 bits per heavy atom. The predicted molar refractivity (Wildman–Crippen MR) is 152 cm³/mol. The number of alkyl carbamates (subject to hydrolysis) is 1. The van der Waals surface area contributed by atoms with Gasteiger partial charge in [0, 0.05) is 23.6 Å². The number of hydrogen-bond donors (Lipinski definition) is 1. The molecule has 2 aromatic heterocycles. The van der Waals surface area contributed by atoms with E-state index in [-0.39, 0.29) is 24.8 Å². The van der Waals surface area contributed by atoms with Crippen LogP contribution in [0.4, 0.5) is 9.18 Å². The average molecular weight is 564 g/mol. The molecule has 1 saturated carbocycles. The van der Waals surface area contributed by atoms with Crippen LogP contribution in [0.2, 0.25) is 0 Å². The number of nitrogens with zero attached hydrogens (tertiary/aromatic N) is 4. The summed E-state index contributed by atoms with van der Waals surface area (Å²) in [7, 11) is 2.06. The Hall–Kier alpha value is -3.55. The van der Waals surface area contributed by atoms with E-state index in [2.05, 4.69) is 43.6 Å². The van der Waals surface area contributed by atoms with Crippen LogP contribution in [0.3, 0.4) is 0 Å². The van der Waals surface area contributed by atoms with Crippen LogP contribution < -0.4 is 10.1 Å². The lowest BCUT2D eigenvalue weighted by Gasteiger charge is -2.28. The lowest BCUT2D eigenvalue weighted by molar-refractivity contribution is 0.147. The molecule has 10 heteroatoms. The normalized spacial score (nSPS) is 16.4. The summed E-state index contributed by atoms with van der Waals surface area (Å²) < 4.78 is 27.9. The van der Waals surface area contributed by atoms with Gasteiger partial charge in [0.05, 0.1) is 29.3 Å². The highest BCUT2D eigenvalue weighted by molar-refractivity contribution is 7.99. The van der Waals surface area contributed by atoms with Gasteiger partial charge >= 0.3 is 6.09 Å². The van der Waals surface area contributed by atoms with Crippen molar-refractivity contribution in [2.45, 2.75) is 61.6 Å². The number of carbonyl (C=O) groups is 1. The first-order valence-electron chi connectivity index (χ1n) is 13.7. The Morgan fingerprint density at radius 1 is 1.18 bits per heavy atom. The van der Waals surface area contributed by atoms with Crippen LogP contribution in [-0.2, 0) is 11.3 Å². The Morgan fingerprint density at radius 3 is 2.75 bits per heavy atom. The van der Waals surface area contributed by atoms with Gasteiger partial charge in [-0.3, -0.25) is 9.55 Å². The molecule has 5 rings (SSSR count). The quantitative estimate of drug-likeness (QED) is 0.378. The first kappa shape index (κ1) is 28.0. The minimum atomic E-state index is -0.501. The fraction of sp³-hybridized carbons (Fsp3) is 0.433. The molecule has 1 N–H and O–H groups in total. The van der Waals surface area contributed by atoms with Crippen molar-refractivity contribution in [3.63, 3.8) is 0 Å². The van der Waals surface area contributed by atoms with Gasteiger partial charge < -0.3 is 19.7 Å². The predicted octanol–water partition coefficient (Wildman–Crippen LogP) is 5.19. The number of amides is 1. The standard InChI is InChI=1S/C30H34FN5O3S/c1-35-15-12-23(13-16-35)34-30(37)38-17-5-6-22-10-11-26(18-28(22)31)39-21-25-20-33-29(40-27-8-2-3-9-27)36(25)24-7-4-14-32-19-24/h4,7,10-11,14,18-20,23,27H,2-3,8-9,12-13,15-17,21H2,1H3,(H,34,37). The number of halogens is 1. The van der Waals surface area contributed by atoms with Crippen molar-refractivity contribution in [3.05, 3.63) is 66.0 Å². The number of piperidine rings is 1. The van der Waals surface area contributed by atoms with Gasteiger partial charge in [-0.2, -0.15) is 0 Å². The number of imidazole rings is 1. The van der Waals surface area contributed by atoms with Gasteiger partial charge in [0.2, 0.25) is 0 Å². The van der Waals surface area contributed by atoms with Crippen LogP contribution in [0.5, 0.6) is 5.75 Å². The fourth-order valence-corrected chi connectivity index (χ4v) is 6.22. The number of rotatable bonds is 8. The molecule has 0 spiro atoms. The number of carbonyl (C=O) groups excluding carboxylic acids is 1. The van der Waals surface area contributed by atoms with Gasteiger partial charge in [-0.15, -0.1) is 0 Å². The molecule has 2 fully saturated rings. The number of benzene rings is 1. The maximum Gasteiger partial charge on any atom is 0.408 e. The minimum absolute atomic E-state index is 0.113. The zero-order chi connectivity index (χ0) is 27.7. The molecule has 2 aliphatic rings. The lowest BCUT2D eigenvalue weighted by atomic mass is 10.1. The Kier molecular flexibility index (Phi) is 9.58. The smallest absolute Gasteiger partial charge is 0.408 e. The second-order valence-electron chi connectivity index (χ2n) is 10.1.